The first-order valence-electron chi connectivity index (χ1n) is 12.6. The van der Waals surface area contributed by atoms with E-state index in [1.54, 1.807) is 7.11 Å². The molecule has 2 heteroatoms. The van der Waals surface area contributed by atoms with E-state index in [4.69, 9.17) is 4.74 Å². The van der Waals surface area contributed by atoms with Crippen LogP contribution in [-0.2, 0) is 9.53 Å². The summed E-state index contributed by atoms with van der Waals surface area (Å²) in [5.74, 6) is 0.515. The number of esters is 1. The number of carbonyl (C=O) groups excluding carboxylic acids is 1. The second kappa shape index (κ2) is 18.5. The highest BCUT2D eigenvalue weighted by atomic mass is 16.5. The first-order valence-corrected chi connectivity index (χ1v) is 12.6. The zero-order valence-electron chi connectivity index (χ0n) is 20.1. The van der Waals surface area contributed by atoms with Gasteiger partial charge in [0.2, 0.25) is 0 Å². The Morgan fingerprint density at radius 2 is 1.07 bits per heavy atom. The van der Waals surface area contributed by atoms with Gasteiger partial charge < -0.3 is 4.74 Å². The molecule has 0 bridgehead atoms. The smallest absolute Gasteiger partial charge is 0.311 e. The number of rotatable bonds is 20. The molecular formula is C26H52O2. The van der Waals surface area contributed by atoms with Crippen LogP contribution in [-0.4, -0.2) is 13.1 Å². The predicted molar refractivity (Wildman–Crippen MR) is 124 cm³/mol. The van der Waals surface area contributed by atoms with Gasteiger partial charge in [0.05, 0.1) is 12.5 Å². The van der Waals surface area contributed by atoms with Gasteiger partial charge in [0, 0.05) is 0 Å². The van der Waals surface area contributed by atoms with Crippen molar-refractivity contribution >= 4 is 5.97 Å². The summed E-state index contributed by atoms with van der Waals surface area (Å²) in [6.45, 7) is 8.99. The molecule has 0 aliphatic carbocycles. The van der Waals surface area contributed by atoms with Crippen LogP contribution >= 0.6 is 0 Å². The van der Waals surface area contributed by atoms with Gasteiger partial charge in [-0.2, -0.15) is 0 Å². The summed E-state index contributed by atoms with van der Waals surface area (Å²) in [4.78, 5) is 12.8. The molecule has 0 spiro atoms. The minimum Gasteiger partial charge on any atom is -0.469 e. The summed E-state index contributed by atoms with van der Waals surface area (Å²) in [5.41, 5.74) is -0.295. The number of methoxy groups -OCH3 is 1. The van der Waals surface area contributed by atoms with Crippen LogP contribution in [0.5, 0.6) is 0 Å². The molecule has 0 radical (unpaired) electrons. The molecular weight excluding hydrogens is 344 g/mol. The number of hydrogen-bond donors (Lipinski definition) is 0. The largest absolute Gasteiger partial charge is 0.469 e. The SMILES string of the molecule is CCCCCCCCCC(CCCCCC)C(C)(CCCCCC)C(=O)OC. The fourth-order valence-electron chi connectivity index (χ4n) is 4.57. The second-order valence-electron chi connectivity index (χ2n) is 9.18. The summed E-state index contributed by atoms with van der Waals surface area (Å²) in [5, 5.41) is 0. The minimum absolute atomic E-state index is 0.0347. The monoisotopic (exact) mass is 396 g/mol. The van der Waals surface area contributed by atoms with Crippen LogP contribution in [0.3, 0.4) is 0 Å². The summed E-state index contributed by atoms with van der Waals surface area (Å²) in [6, 6.07) is 0. The lowest BCUT2D eigenvalue weighted by molar-refractivity contribution is -0.156. The van der Waals surface area contributed by atoms with Crippen LogP contribution in [0.15, 0.2) is 0 Å². The maximum Gasteiger partial charge on any atom is 0.311 e. The fraction of sp³-hybridized carbons (Fsp3) is 0.962. The Bertz CT molecular complexity index is 352. The average molecular weight is 397 g/mol. The quantitative estimate of drug-likeness (QED) is 0.152. The van der Waals surface area contributed by atoms with Crippen molar-refractivity contribution in [3.63, 3.8) is 0 Å². The van der Waals surface area contributed by atoms with E-state index in [2.05, 4.69) is 27.7 Å². The Morgan fingerprint density at radius 1 is 0.679 bits per heavy atom. The number of unbranched alkanes of at least 4 members (excludes halogenated alkanes) is 12. The second-order valence-corrected chi connectivity index (χ2v) is 9.18. The standard InChI is InChI=1S/C26H52O2/c1-6-9-12-15-16-17-19-22-24(21-18-13-10-7-2)26(4,25(27)28-5)23-20-14-11-8-3/h24H,6-23H2,1-5H3. The molecule has 0 saturated carbocycles. The third-order valence-electron chi connectivity index (χ3n) is 6.66. The number of ether oxygens (including phenoxy) is 1. The number of hydrogen-bond acceptors (Lipinski definition) is 2. The Kier molecular flexibility index (Phi) is 18.1. The van der Waals surface area contributed by atoms with Crippen molar-refractivity contribution in [2.45, 2.75) is 143 Å². The van der Waals surface area contributed by atoms with Crippen LogP contribution in [0.25, 0.3) is 0 Å². The van der Waals surface area contributed by atoms with Crippen LogP contribution < -0.4 is 0 Å². The van der Waals surface area contributed by atoms with Gasteiger partial charge in [-0.1, -0.05) is 117 Å². The van der Waals surface area contributed by atoms with Gasteiger partial charge in [-0.3, -0.25) is 4.79 Å². The van der Waals surface area contributed by atoms with Crippen molar-refractivity contribution in [1.29, 1.82) is 0 Å². The highest BCUT2D eigenvalue weighted by molar-refractivity contribution is 5.76. The molecule has 2 atom stereocenters. The molecule has 0 saturated heterocycles. The molecule has 0 aromatic carbocycles. The van der Waals surface area contributed by atoms with Gasteiger partial charge in [-0.25, -0.2) is 0 Å². The molecule has 168 valence electrons. The lowest BCUT2D eigenvalue weighted by Crippen LogP contribution is -2.37. The van der Waals surface area contributed by atoms with E-state index in [9.17, 15) is 4.79 Å². The van der Waals surface area contributed by atoms with E-state index in [0.29, 0.717) is 5.92 Å². The molecule has 28 heavy (non-hydrogen) atoms. The van der Waals surface area contributed by atoms with E-state index in [1.165, 1.54) is 103 Å². The molecule has 0 fully saturated rings. The molecule has 0 rings (SSSR count). The molecule has 0 aromatic rings. The molecule has 0 aliphatic heterocycles. The summed E-state index contributed by atoms with van der Waals surface area (Å²) in [7, 11) is 1.58. The van der Waals surface area contributed by atoms with Crippen molar-refractivity contribution in [3.05, 3.63) is 0 Å². The van der Waals surface area contributed by atoms with Crippen molar-refractivity contribution < 1.29 is 9.53 Å². The maximum absolute atomic E-state index is 12.8. The zero-order valence-corrected chi connectivity index (χ0v) is 20.1. The highest BCUT2D eigenvalue weighted by Crippen LogP contribution is 2.41. The third kappa shape index (κ3) is 12.1. The minimum atomic E-state index is -0.295. The van der Waals surface area contributed by atoms with E-state index in [-0.39, 0.29) is 11.4 Å². The van der Waals surface area contributed by atoms with Gasteiger partial charge in [0.25, 0.3) is 0 Å². The van der Waals surface area contributed by atoms with E-state index in [0.717, 1.165) is 12.8 Å². The van der Waals surface area contributed by atoms with Gasteiger partial charge >= 0.3 is 5.97 Å². The summed E-state index contributed by atoms with van der Waals surface area (Å²) >= 11 is 0. The van der Waals surface area contributed by atoms with Gasteiger partial charge in [-0.15, -0.1) is 0 Å². The molecule has 2 unspecified atom stereocenters. The van der Waals surface area contributed by atoms with Crippen molar-refractivity contribution in [2.24, 2.45) is 11.3 Å². The van der Waals surface area contributed by atoms with Crippen molar-refractivity contribution in [2.75, 3.05) is 7.11 Å². The van der Waals surface area contributed by atoms with Crippen LogP contribution in [0, 0.1) is 11.3 Å². The normalized spacial score (nSPS) is 14.6. The topological polar surface area (TPSA) is 26.3 Å². The third-order valence-corrected chi connectivity index (χ3v) is 6.66. The van der Waals surface area contributed by atoms with Crippen molar-refractivity contribution in [3.8, 4) is 0 Å². The lowest BCUT2D eigenvalue weighted by Gasteiger charge is -2.36. The Morgan fingerprint density at radius 3 is 1.54 bits per heavy atom. The molecule has 0 aliphatic rings. The molecule has 2 nitrogen and oxygen atoms in total. The zero-order chi connectivity index (χ0) is 21.1. The Hall–Kier alpha value is -0.530. The first-order chi connectivity index (χ1) is 13.6. The lowest BCUT2D eigenvalue weighted by atomic mass is 9.69. The molecule has 0 amide bonds. The number of carbonyl (C=O) groups is 1. The van der Waals surface area contributed by atoms with E-state index < -0.39 is 0 Å². The Balaban J connectivity index is 4.77. The molecule has 0 aromatic heterocycles. The van der Waals surface area contributed by atoms with Gasteiger partial charge in [0.1, 0.15) is 0 Å². The van der Waals surface area contributed by atoms with E-state index >= 15 is 0 Å². The average Bonchev–Trinajstić information content (AvgIpc) is 2.71. The predicted octanol–water partition coefficient (Wildman–Crippen LogP) is 8.86. The van der Waals surface area contributed by atoms with Gasteiger partial charge in [-0.05, 0) is 32.1 Å². The van der Waals surface area contributed by atoms with Crippen molar-refractivity contribution in [1.82, 2.24) is 0 Å². The van der Waals surface area contributed by atoms with Crippen LogP contribution in [0.4, 0.5) is 0 Å². The fourth-order valence-corrected chi connectivity index (χ4v) is 4.57. The first kappa shape index (κ1) is 27.5. The summed E-state index contributed by atoms with van der Waals surface area (Å²) < 4.78 is 5.31. The highest BCUT2D eigenvalue weighted by Gasteiger charge is 2.40. The summed E-state index contributed by atoms with van der Waals surface area (Å²) in [6.07, 6.45) is 22.8. The maximum atomic E-state index is 12.8. The molecule has 0 heterocycles. The molecule has 0 N–H and O–H groups in total. The van der Waals surface area contributed by atoms with Gasteiger partial charge in [0.15, 0.2) is 0 Å². The van der Waals surface area contributed by atoms with E-state index in [1.807, 2.05) is 0 Å². The van der Waals surface area contributed by atoms with Crippen LogP contribution in [0.1, 0.15) is 143 Å². The Labute approximate surface area is 177 Å². The van der Waals surface area contributed by atoms with Crippen LogP contribution in [0.2, 0.25) is 0 Å².